The number of fused-ring (bicyclic) bond motifs is 1. The second-order valence-corrected chi connectivity index (χ2v) is 9.83. The number of esters is 1. The summed E-state index contributed by atoms with van der Waals surface area (Å²) in [7, 11) is 0. The summed E-state index contributed by atoms with van der Waals surface area (Å²) < 4.78 is 5.28. The number of hydrogen-bond donors (Lipinski definition) is 2. The van der Waals surface area contributed by atoms with Crippen molar-refractivity contribution in [2.45, 2.75) is 62.3 Å². The third-order valence-electron chi connectivity index (χ3n) is 4.71. The van der Waals surface area contributed by atoms with E-state index in [0.717, 1.165) is 21.0 Å². The normalized spacial score (nSPS) is 13.9. The highest BCUT2D eigenvalue weighted by Gasteiger charge is 2.20. The largest absolute Gasteiger partial charge is 0.460 e. The van der Waals surface area contributed by atoms with E-state index in [4.69, 9.17) is 4.74 Å². The van der Waals surface area contributed by atoms with E-state index in [1.54, 1.807) is 18.7 Å². The molecular weight excluding hydrogens is 412 g/mol. The van der Waals surface area contributed by atoms with E-state index in [1.807, 2.05) is 63.2 Å². The molecule has 2 N–H and O–H groups in total. The number of ether oxygens (including phenoxy) is 1. The van der Waals surface area contributed by atoms with E-state index < -0.39 is 5.60 Å². The summed E-state index contributed by atoms with van der Waals surface area (Å²) in [5.41, 5.74) is 2.09. The second kappa shape index (κ2) is 9.56. The average Bonchev–Trinajstić information content (AvgIpc) is 3.05. The molecule has 0 radical (unpaired) electrons. The maximum atomic E-state index is 12.4. The predicted molar refractivity (Wildman–Crippen MR) is 122 cm³/mol. The molecule has 6 nitrogen and oxygen atoms in total. The van der Waals surface area contributed by atoms with Gasteiger partial charge in [-0.05, 0) is 75.2 Å². The molecule has 0 saturated carbocycles. The van der Waals surface area contributed by atoms with Gasteiger partial charge in [0.1, 0.15) is 5.60 Å². The minimum absolute atomic E-state index is 0.0255. The predicted octanol–water partition coefficient (Wildman–Crippen LogP) is 5.03. The lowest BCUT2D eigenvalue weighted by molar-refractivity contribution is -0.155. The fourth-order valence-electron chi connectivity index (χ4n) is 3.13. The van der Waals surface area contributed by atoms with Crippen LogP contribution in [0.3, 0.4) is 0 Å². The molecule has 0 unspecified atom stereocenters. The van der Waals surface area contributed by atoms with Crippen molar-refractivity contribution in [2.24, 2.45) is 5.92 Å². The molecular formula is C24H28N2O4S. The van der Waals surface area contributed by atoms with Crippen LogP contribution in [0.4, 0.5) is 11.4 Å². The Kier molecular flexibility index (Phi) is 7.05. The van der Waals surface area contributed by atoms with Crippen molar-refractivity contribution >= 4 is 40.9 Å². The summed E-state index contributed by atoms with van der Waals surface area (Å²) >= 11 is 1.60. The Labute approximate surface area is 187 Å². The molecule has 2 amide bonds. The first kappa shape index (κ1) is 22.9. The Hall–Kier alpha value is -2.80. The van der Waals surface area contributed by atoms with E-state index >= 15 is 0 Å². The number of nitrogens with one attached hydrogen (secondary N) is 2. The zero-order chi connectivity index (χ0) is 22.6. The minimum Gasteiger partial charge on any atom is -0.460 e. The molecule has 1 aliphatic rings. The topological polar surface area (TPSA) is 84.5 Å². The molecule has 0 aromatic heterocycles. The number of anilines is 2. The molecule has 0 bridgehead atoms. The number of hydrogen-bond acceptors (Lipinski definition) is 5. The molecule has 2 aromatic carbocycles. The van der Waals surface area contributed by atoms with Crippen LogP contribution in [0.25, 0.3) is 0 Å². The third-order valence-corrected chi connectivity index (χ3v) is 5.71. The van der Waals surface area contributed by atoms with Gasteiger partial charge in [-0.3, -0.25) is 14.4 Å². The van der Waals surface area contributed by atoms with Gasteiger partial charge in [0, 0.05) is 33.5 Å². The molecule has 0 fully saturated rings. The number of rotatable bonds is 7. The lowest BCUT2D eigenvalue weighted by Gasteiger charge is -2.20. The van der Waals surface area contributed by atoms with Gasteiger partial charge in [-0.15, -0.1) is 0 Å². The summed E-state index contributed by atoms with van der Waals surface area (Å²) in [5, 5.41) is 5.73. The van der Waals surface area contributed by atoms with Gasteiger partial charge in [0.25, 0.3) is 0 Å². The van der Waals surface area contributed by atoms with E-state index in [0.29, 0.717) is 18.5 Å². The van der Waals surface area contributed by atoms with Crippen molar-refractivity contribution in [3.8, 4) is 0 Å². The molecule has 1 atom stereocenters. The fraction of sp³-hybridized carbons (Fsp3) is 0.375. The molecule has 1 heterocycles. The lowest BCUT2D eigenvalue weighted by Crippen LogP contribution is -2.25. The van der Waals surface area contributed by atoms with Crippen LogP contribution in [0.1, 0.15) is 46.1 Å². The van der Waals surface area contributed by atoms with Gasteiger partial charge in [-0.25, -0.2) is 0 Å². The third kappa shape index (κ3) is 6.85. The zero-order valence-electron chi connectivity index (χ0n) is 18.3. The highest BCUT2D eigenvalue weighted by Crippen LogP contribution is 2.33. The smallest absolute Gasteiger partial charge is 0.306 e. The SMILES string of the molecule is C[C@@H](CCC(=O)OC(C)(C)C)C(=O)Nc1ccc(Sc2ccc3c(c2)CC(=O)N3)cc1. The van der Waals surface area contributed by atoms with Crippen LogP contribution in [-0.4, -0.2) is 23.4 Å². The van der Waals surface area contributed by atoms with Crippen LogP contribution in [0, 0.1) is 5.92 Å². The quantitative estimate of drug-likeness (QED) is 0.590. The van der Waals surface area contributed by atoms with E-state index in [1.165, 1.54) is 0 Å². The number of carbonyl (C=O) groups excluding carboxylic acids is 3. The average molecular weight is 441 g/mol. The summed E-state index contributed by atoms with van der Waals surface area (Å²) in [5.74, 6) is -0.693. The molecule has 31 heavy (non-hydrogen) atoms. The molecule has 1 aliphatic heterocycles. The molecule has 0 saturated heterocycles. The van der Waals surface area contributed by atoms with Crippen molar-refractivity contribution in [3.63, 3.8) is 0 Å². The number of carbonyl (C=O) groups is 3. The first-order valence-corrected chi connectivity index (χ1v) is 11.1. The summed E-state index contributed by atoms with van der Waals surface area (Å²) in [6.45, 7) is 7.28. The Balaban J connectivity index is 1.50. The van der Waals surface area contributed by atoms with E-state index in [2.05, 4.69) is 10.6 Å². The first-order chi connectivity index (χ1) is 14.6. The highest BCUT2D eigenvalue weighted by molar-refractivity contribution is 7.99. The van der Waals surface area contributed by atoms with Crippen LogP contribution in [-0.2, 0) is 25.5 Å². The maximum absolute atomic E-state index is 12.4. The maximum Gasteiger partial charge on any atom is 0.306 e. The van der Waals surface area contributed by atoms with Crippen LogP contribution in [0.5, 0.6) is 0 Å². The van der Waals surface area contributed by atoms with E-state index in [9.17, 15) is 14.4 Å². The molecule has 0 aliphatic carbocycles. The second-order valence-electron chi connectivity index (χ2n) is 8.69. The van der Waals surface area contributed by atoms with Crippen molar-refractivity contribution in [3.05, 3.63) is 48.0 Å². The van der Waals surface area contributed by atoms with Crippen LogP contribution in [0.15, 0.2) is 52.3 Å². The standard InChI is InChI=1S/C24H28N2O4S/c1-15(5-12-22(28)30-24(2,3)4)23(29)25-17-6-8-18(9-7-17)31-19-10-11-20-16(13-19)14-21(27)26-20/h6-11,13,15H,5,12,14H2,1-4H3,(H,25,29)(H,26,27)/t15-/m0/s1. The van der Waals surface area contributed by atoms with Crippen molar-refractivity contribution in [2.75, 3.05) is 10.6 Å². The molecule has 2 aromatic rings. The Morgan fingerprint density at radius 1 is 1.13 bits per heavy atom. The summed E-state index contributed by atoms with van der Waals surface area (Å²) in [4.78, 5) is 37.8. The molecule has 3 rings (SSSR count). The lowest BCUT2D eigenvalue weighted by atomic mass is 10.0. The Morgan fingerprint density at radius 2 is 1.81 bits per heavy atom. The van der Waals surface area contributed by atoms with Crippen LogP contribution < -0.4 is 10.6 Å². The Bertz CT molecular complexity index is 980. The van der Waals surface area contributed by atoms with Crippen molar-refractivity contribution in [1.82, 2.24) is 0 Å². The first-order valence-electron chi connectivity index (χ1n) is 10.3. The van der Waals surface area contributed by atoms with Gasteiger partial charge >= 0.3 is 5.97 Å². The number of amides is 2. The van der Waals surface area contributed by atoms with E-state index in [-0.39, 0.29) is 30.1 Å². The van der Waals surface area contributed by atoms with Crippen molar-refractivity contribution in [1.29, 1.82) is 0 Å². The zero-order valence-corrected chi connectivity index (χ0v) is 19.1. The van der Waals surface area contributed by atoms with Crippen LogP contribution >= 0.6 is 11.8 Å². The van der Waals surface area contributed by atoms with Crippen LogP contribution in [0.2, 0.25) is 0 Å². The summed E-state index contributed by atoms with van der Waals surface area (Å²) in [6.07, 6.45) is 1.06. The minimum atomic E-state index is -0.517. The Morgan fingerprint density at radius 3 is 2.48 bits per heavy atom. The molecule has 7 heteroatoms. The number of benzene rings is 2. The van der Waals surface area contributed by atoms with Gasteiger partial charge in [-0.2, -0.15) is 0 Å². The van der Waals surface area contributed by atoms with Gasteiger partial charge in [0.05, 0.1) is 6.42 Å². The monoisotopic (exact) mass is 440 g/mol. The van der Waals surface area contributed by atoms with Gasteiger partial charge < -0.3 is 15.4 Å². The van der Waals surface area contributed by atoms with Gasteiger partial charge in [0.2, 0.25) is 11.8 Å². The molecule has 164 valence electrons. The molecule has 0 spiro atoms. The van der Waals surface area contributed by atoms with Gasteiger partial charge in [-0.1, -0.05) is 18.7 Å². The van der Waals surface area contributed by atoms with Gasteiger partial charge in [0.15, 0.2) is 0 Å². The fourth-order valence-corrected chi connectivity index (χ4v) is 4.02. The summed E-state index contributed by atoms with van der Waals surface area (Å²) in [6, 6.07) is 13.6. The highest BCUT2D eigenvalue weighted by atomic mass is 32.2. The van der Waals surface area contributed by atoms with Crippen molar-refractivity contribution < 1.29 is 19.1 Å².